The van der Waals surface area contributed by atoms with E-state index in [1.165, 1.54) is 19.3 Å². The highest BCUT2D eigenvalue weighted by atomic mass is 16.5. The summed E-state index contributed by atoms with van der Waals surface area (Å²) < 4.78 is 8.07. The molecule has 0 unspecified atom stereocenters. The van der Waals surface area contributed by atoms with Crippen LogP contribution in [0.3, 0.4) is 0 Å². The Morgan fingerprint density at radius 3 is 2.89 bits per heavy atom. The summed E-state index contributed by atoms with van der Waals surface area (Å²) in [6.07, 6.45) is 9.51. The first kappa shape index (κ1) is 23.3. The number of hydrogen-bond donors (Lipinski definition) is 3. The normalized spacial score (nSPS) is 17.7. The molecule has 0 aromatic carbocycles. The molecule has 9 nitrogen and oxygen atoms in total. The van der Waals surface area contributed by atoms with E-state index in [4.69, 9.17) is 20.2 Å². The van der Waals surface area contributed by atoms with Gasteiger partial charge >= 0.3 is 0 Å². The molecule has 184 valence electrons. The summed E-state index contributed by atoms with van der Waals surface area (Å²) in [5, 5.41) is 17.0. The van der Waals surface area contributed by atoms with Crippen LogP contribution in [-0.4, -0.2) is 89.2 Å². The lowest BCUT2D eigenvalue weighted by atomic mass is 9.98. The molecule has 3 aromatic heterocycles. The molecular formula is C26H34N8O. The minimum atomic E-state index is 0.374. The molecule has 4 heterocycles. The van der Waals surface area contributed by atoms with E-state index in [9.17, 15) is 0 Å². The summed E-state index contributed by atoms with van der Waals surface area (Å²) in [7, 11) is 4.09. The van der Waals surface area contributed by atoms with Crippen molar-refractivity contribution < 1.29 is 4.74 Å². The number of nitrogens with zero attached hydrogens (tertiary/aromatic N) is 5. The monoisotopic (exact) mass is 474 g/mol. The van der Waals surface area contributed by atoms with Crippen molar-refractivity contribution in [1.29, 1.82) is 5.41 Å². The summed E-state index contributed by atoms with van der Waals surface area (Å²) in [4.78, 5) is 12.8. The summed E-state index contributed by atoms with van der Waals surface area (Å²) in [5.74, 6) is 1.44. The number of ether oxygens (including phenoxy) is 1. The third-order valence-corrected chi connectivity index (χ3v) is 6.50. The van der Waals surface area contributed by atoms with Crippen LogP contribution in [0.2, 0.25) is 0 Å². The fraction of sp³-hybridized carbons (Fsp3) is 0.423. The molecule has 3 aromatic rings. The van der Waals surface area contributed by atoms with Gasteiger partial charge in [-0.1, -0.05) is 12.5 Å². The van der Waals surface area contributed by atoms with Crippen molar-refractivity contribution in [3.05, 3.63) is 54.0 Å². The van der Waals surface area contributed by atoms with Crippen molar-refractivity contribution in [2.24, 2.45) is 4.99 Å². The maximum atomic E-state index is 8.83. The highest BCUT2D eigenvalue weighted by Gasteiger charge is 2.25. The van der Waals surface area contributed by atoms with Crippen LogP contribution in [0.15, 0.2) is 47.7 Å². The number of aromatic nitrogens is 3. The maximum Gasteiger partial charge on any atom is 0.175 e. The largest absolute Gasteiger partial charge is 0.490 e. The van der Waals surface area contributed by atoms with Crippen LogP contribution in [0.5, 0.6) is 0 Å². The van der Waals surface area contributed by atoms with Gasteiger partial charge < -0.3 is 19.9 Å². The zero-order valence-electron chi connectivity index (χ0n) is 20.5. The van der Waals surface area contributed by atoms with Gasteiger partial charge in [0.15, 0.2) is 5.82 Å². The summed E-state index contributed by atoms with van der Waals surface area (Å²) in [6, 6.07) is 7.84. The van der Waals surface area contributed by atoms with Crippen molar-refractivity contribution >= 4 is 34.2 Å². The average Bonchev–Trinajstić information content (AvgIpc) is 3.48. The van der Waals surface area contributed by atoms with Gasteiger partial charge in [-0.15, -0.1) is 5.10 Å². The lowest BCUT2D eigenvalue weighted by Gasteiger charge is -2.26. The Kier molecular flexibility index (Phi) is 6.96. The minimum Gasteiger partial charge on any atom is -0.490 e. The number of nitrogens with one attached hydrogen (secondary N) is 3. The Balaban J connectivity index is 1.43. The number of anilines is 1. The van der Waals surface area contributed by atoms with Crippen molar-refractivity contribution in [2.75, 3.05) is 58.7 Å². The van der Waals surface area contributed by atoms with Crippen LogP contribution in [-0.2, 0) is 4.74 Å². The van der Waals surface area contributed by atoms with Crippen LogP contribution in [0.1, 0.15) is 30.5 Å². The molecule has 0 saturated carbocycles. The van der Waals surface area contributed by atoms with Gasteiger partial charge in [-0.05, 0) is 58.2 Å². The minimum absolute atomic E-state index is 0.374. The van der Waals surface area contributed by atoms with Gasteiger partial charge in [-0.25, -0.2) is 9.51 Å². The van der Waals surface area contributed by atoms with E-state index in [1.807, 2.05) is 61.3 Å². The first-order valence-corrected chi connectivity index (χ1v) is 12.4. The van der Waals surface area contributed by atoms with Gasteiger partial charge in [-0.2, -0.15) is 0 Å². The van der Waals surface area contributed by atoms with Crippen molar-refractivity contribution in [3.63, 3.8) is 0 Å². The predicted molar refractivity (Wildman–Crippen MR) is 141 cm³/mol. The number of pyridine rings is 1. The van der Waals surface area contributed by atoms with Gasteiger partial charge in [0.1, 0.15) is 18.1 Å². The van der Waals surface area contributed by atoms with Gasteiger partial charge in [-0.3, -0.25) is 10.3 Å². The van der Waals surface area contributed by atoms with E-state index in [1.54, 1.807) is 0 Å². The fourth-order valence-electron chi connectivity index (χ4n) is 4.59. The fourth-order valence-corrected chi connectivity index (χ4v) is 4.59. The molecule has 3 N–H and O–H groups in total. The summed E-state index contributed by atoms with van der Waals surface area (Å²) in [5.41, 5.74) is 4.21. The summed E-state index contributed by atoms with van der Waals surface area (Å²) in [6.45, 7) is 5.43. The third-order valence-electron chi connectivity index (χ3n) is 6.50. The number of hydrogen-bond acceptors (Lipinski definition) is 7. The van der Waals surface area contributed by atoms with Crippen LogP contribution in [0, 0.1) is 5.41 Å². The Hall–Kier alpha value is -3.43. The van der Waals surface area contributed by atoms with Gasteiger partial charge in [0.25, 0.3) is 0 Å². The molecule has 0 radical (unpaired) electrons. The lowest BCUT2D eigenvalue weighted by molar-refractivity contribution is 0.169. The summed E-state index contributed by atoms with van der Waals surface area (Å²) >= 11 is 0. The van der Waals surface area contributed by atoms with Crippen LogP contribution in [0.4, 0.5) is 11.5 Å². The van der Waals surface area contributed by atoms with Gasteiger partial charge in [0, 0.05) is 43.7 Å². The quantitative estimate of drug-likeness (QED) is 0.440. The number of aromatic amines is 1. The molecule has 0 amide bonds. The number of likely N-dealkylation sites (N-methyl/N-ethyl adjacent to an activating group) is 1. The van der Waals surface area contributed by atoms with E-state index in [2.05, 4.69) is 20.1 Å². The molecule has 1 aliphatic carbocycles. The molecule has 1 saturated heterocycles. The second kappa shape index (κ2) is 10.5. The second-order valence-corrected chi connectivity index (χ2v) is 9.36. The SMILES string of the molecule is CN(C)CCNc1nn2ccccc2c1N=C1C=C(OCCN2CCCCC2)c2[nH]ccc2C1=N. The van der Waals surface area contributed by atoms with Crippen molar-refractivity contribution in [3.8, 4) is 0 Å². The molecule has 1 aliphatic heterocycles. The maximum absolute atomic E-state index is 8.83. The van der Waals surface area contributed by atoms with E-state index < -0.39 is 0 Å². The molecule has 0 atom stereocenters. The zero-order chi connectivity index (χ0) is 24.2. The number of likely N-dealkylation sites (tertiary alicyclic amines) is 1. The topological polar surface area (TPSA) is 97.0 Å². The molecule has 2 aliphatic rings. The Labute approximate surface area is 206 Å². The number of fused-ring (bicyclic) bond motifs is 2. The second-order valence-electron chi connectivity index (χ2n) is 9.36. The highest BCUT2D eigenvalue weighted by Crippen LogP contribution is 2.32. The first-order chi connectivity index (χ1) is 17.1. The molecule has 9 heteroatoms. The standard InChI is InChI=1S/C26H34N8O/c1-32(2)15-11-29-26-25(21-8-4-7-14-34(21)31-26)30-20-18-22(24-19(23(20)27)9-10-28-24)35-17-16-33-12-5-3-6-13-33/h4,7-10,14,18,27-28H,3,5-6,11-13,15-17H2,1-2H3,(H,29,31). The Bertz CT molecular complexity index is 1250. The number of aliphatic imine (C=N–C) groups is 1. The molecule has 35 heavy (non-hydrogen) atoms. The highest BCUT2D eigenvalue weighted by molar-refractivity contribution is 6.54. The molecule has 1 fully saturated rings. The molecule has 0 bridgehead atoms. The molecular weight excluding hydrogens is 440 g/mol. The van der Waals surface area contributed by atoms with Crippen LogP contribution >= 0.6 is 0 Å². The van der Waals surface area contributed by atoms with Gasteiger partial charge in [0.05, 0.1) is 22.6 Å². The number of allylic oxidation sites excluding steroid dienone is 1. The molecule has 0 spiro atoms. The Morgan fingerprint density at radius 2 is 2.06 bits per heavy atom. The molecule has 5 rings (SSSR count). The number of H-pyrrole nitrogens is 1. The van der Waals surface area contributed by atoms with Crippen molar-refractivity contribution in [1.82, 2.24) is 24.4 Å². The zero-order valence-corrected chi connectivity index (χ0v) is 20.5. The smallest absolute Gasteiger partial charge is 0.175 e. The predicted octanol–water partition coefficient (Wildman–Crippen LogP) is 3.63. The van der Waals surface area contributed by atoms with E-state index >= 15 is 0 Å². The average molecular weight is 475 g/mol. The first-order valence-electron chi connectivity index (χ1n) is 12.4. The van der Waals surface area contributed by atoms with E-state index in [0.717, 1.165) is 60.9 Å². The van der Waals surface area contributed by atoms with Gasteiger partial charge in [0.2, 0.25) is 0 Å². The van der Waals surface area contributed by atoms with Crippen LogP contribution in [0.25, 0.3) is 11.3 Å². The van der Waals surface area contributed by atoms with Crippen molar-refractivity contribution in [2.45, 2.75) is 19.3 Å². The third kappa shape index (κ3) is 5.16. The number of rotatable bonds is 9. The lowest BCUT2D eigenvalue weighted by Crippen LogP contribution is -2.32. The number of piperidine rings is 1. The Morgan fingerprint density at radius 1 is 1.20 bits per heavy atom. The van der Waals surface area contributed by atoms with E-state index in [0.29, 0.717) is 23.8 Å². The van der Waals surface area contributed by atoms with E-state index in [-0.39, 0.29) is 0 Å². The van der Waals surface area contributed by atoms with Crippen LogP contribution < -0.4 is 5.32 Å².